The Morgan fingerprint density at radius 3 is 1.57 bits per heavy atom. The van der Waals surface area contributed by atoms with Gasteiger partial charge in [-0.15, -0.1) is 0 Å². The third-order valence-corrected chi connectivity index (χ3v) is 7.07. The van der Waals surface area contributed by atoms with Crippen LogP contribution in [0.15, 0.2) is 59.9 Å². The minimum Gasteiger partial charge on any atom is -0.238 e. The van der Waals surface area contributed by atoms with Crippen molar-refractivity contribution in [1.82, 2.24) is 0 Å². The van der Waals surface area contributed by atoms with Gasteiger partial charge in [-0.1, -0.05) is 36.4 Å². The Morgan fingerprint density at radius 1 is 0.591 bits per heavy atom. The van der Waals surface area contributed by atoms with E-state index in [1.807, 2.05) is 12.1 Å². The van der Waals surface area contributed by atoms with E-state index in [0.29, 0.717) is 0 Å². The first kappa shape index (κ1) is 27.9. The van der Waals surface area contributed by atoms with E-state index in [2.05, 4.69) is 19.4 Å². The summed E-state index contributed by atoms with van der Waals surface area (Å²) in [6, 6.07) is 18.4. The van der Waals surface area contributed by atoms with E-state index < -0.39 is 56.6 Å². The zero-order chi connectivity index (χ0) is 31.7. The summed E-state index contributed by atoms with van der Waals surface area (Å²) in [5, 5.41) is 39.2. The standard InChI is InChI=1S/C34H8F2N8/c1-41-20-11-9-19(10-12-20)25-28(23(16-40)43-3)30-31(34(25)44-4)33(36)29-26(32(30)35)21(14-38)24(27(29)22(15-39)42-2)18-7-5-17(13-37)6-8-18/h5-12H/b27-22-,28-23+. The van der Waals surface area contributed by atoms with E-state index in [0.717, 1.165) is 0 Å². The van der Waals surface area contributed by atoms with Crippen molar-refractivity contribution in [3.63, 3.8) is 0 Å². The van der Waals surface area contributed by atoms with Crippen molar-refractivity contribution in [1.29, 1.82) is 21.0 Å². The lowest BCUT2D eigenvalue weighted by Gasteiger charge is -2.15. The topological polar surface area (TPSA) is 113 Å². The summed E-state index contributed by atoms with van der Waals surface area (Å²) < 4.78 is 33.9. The van der Waals surface area contributed by atoms with Crippen LogP contribution in [0.1, 0.15) is 38.9 Å². The molecule has 8 nitrogen and oxygen atoms in total. The van der Waals surface area contributed by atoms with Crippen molar-refractivity contribution in [2.75, 3.05) is 0 Å². The molecule has 0 saturated heterocycles. The first-order chi connectivity index (χ1) is 21.3. The molecule has 0 N–H and O–H groups in total. The van der Waals surface area contributed by atoms with Gasteiger partial charge in [0.05, 0.1) is 55.6 Å². The highest BCUT2D eigenvalue weighted by atomic mass is 19.1. The highest BCUT2D eigenvalue weighted by Crippen LogP contribution is 2.57. The van der Waals surface area contributed by atoms with Crippen LogP contribution in [0, 0.1) is 83.2 Å². The fourth-order valence-electron chi connectivity index (χ4n) is 5.31. The van der Waals surface area contributed by atoms with Crippen molar-refractivity contribution in [3.8, 4) is 24.3 Å². The van der Waals surface area contributed by atoms with Crippen molar-refractivity contribution < 1.29 is 8.78 Å². The molecule has 3 aromatic carbocycles. The smallest absolute Gasteiger partial charge is 0.238 e. The van der Waals surface area contributed by atoms with Crippen LogP contribution in [0.3, 0.4) is 0 Å². The molecular weight excluding hydrogens is 558 g/mol. The average Bonchev–Trinajstić information content (AvgIpc) is 3.59. The Labute approximate surface area is 249 Å². The lowest BCUT2D eigenvalue weighted by molar-refractivity contribution is 0.590. The maximum Gasteiger partial charge on any atom is 0.270 e. The first-order valence-electron chi connectivity index (χ1n) is 12.2. The largest absolute Gasteiger partial charge is 0.270 e. The average molecular weight is 566 g/mol. The summed E-state index contributed by atoms with van der Waals surface area (Å²) in [7, 11) is 0. The number of benzene rings is 3. The molecule has 198 valence electrons. The molecule has 0 amide bonds. The van der Waals surface area contributed by atoms with Gasteiger partial charge in [0, 0.05) is 27.8 Å². The van der Waals surface area contributed by atoms with Gasteiger partial charge in [-0.2, -0.15) is 10.5 Å². The predicted molar refractivity (Wildman–Crippen MR) is 154 cm³/mol. The molecule has 2 aliphatic rings. The van der Waals surface area contributed by atoms with E-state index in [9.17, 15) is 21.0 Å². The molecule has 0 aromatic heterocycles. The Bertz CT molecular complexity index is 2150. The summed E-state index contributed by atoms with van der Waals surface area (Å²) >= 11 is 0. The van der Waals surface area contributed by atoms with Crippen LogP contribution in [0.25, 0.3) is 52.9 Å². The third kappa shape index (κ3) is 3.81. The van der Waals surface area contributed by atoms with Gasteiger partial charge in [-0.05, 0) is 40.0 Å². The van der Waals surface area contributed by atoms with Crippen LogP contribution in [-0.2, 0) is 0 Å². The van der Waals surface area contributed by atoms with Gasteiger partial charge in [0.15, 0.2) is 5.69 Å². The second kappa shape index (κ2) is 10.8. The molecule has 3 aromatic rings. The molecule has 0 spiro atoms. The normalized spacial score (nSPS) is 14.8. The zero-order valence-electron chi connectivity index (χ0n) is 22.0. The van der Waals surface area contributed by atoms with Gasteiger partial charge in [-0.3, -0.25) is 0 Å². The number of rotatable bonds is 2. The number of hydrogen-bond donors (Lipinski definition) is 0. The van der Waals surface area contributed by atoms with Crippen molar-refractivity contribution in [2.24, 2.45) is 0 Å². The molecule has 2 aliphatic carbocycles. The number of nitrogens with zero attached hydrogens (tertiary/aromatic N) is 8. The predicted octanol–water partition coefficient (Wildman–Crippen LogP) is 7.94. The molecule has 0 unspecified atom stereocenters. The van der Waals surface area contributed by atoms with E-state index in [4.69, 9.17) is 26.3 Å². The molecule has 0 fully saturated rings. The van der Waals surface area contributed by atoms with Crippen LogP contribution < -0.4 is 0 Å². The highest BCUT2D eigenvalue weighted by molar-refractivity contribution is 6.29. The quantitative estimate of drug-likeness (QED) is 0.231. The molecule has 0 atom stereocenters. The number of hydrogen-bond acceptors (Lipinski definition) is 4. The van der Waals surface area contributed by atoms with E-state index in [-0.39, 0.29) is 44.7 Å². The summed E-state index contributed by atoms with van der Waals surface area (Å²) in [5.74, 6) is -2.45. The van der Waals surface area contributed by atoms with Gasteiger partial charge < -0.3 is 0 Å². The van der Waals surface area contributed by atoms with Gasteiger partial charge in [0.1, 0.15) is 17.7 Å². The van der Waals surface area contributed by atoms with Gasteiger partial charge in [0.2, 0.25) is 5.70 Å². The van der Waals surface area contributed by atoms with Crippen molar-refractivity contribution >= 4 is 39.2 Å². The summed E-state index contributed by atoms with van der Waals surface area (Å²) in [6.07, 6.45) is 0. The minimum absolute atomic E-state index is 0.119. The highest BCUT2D eigenvalue weighted by Gasteiger charge is 2.43. The number of fused-ring (bicyclic) bond motifs is 2. The minimum atomic E-state index is -1.23. The maximum atomic E-state index is 17.0. The maximum absolute atomic E-state index is 17.0. The Hall–Kier alpha value is -7.60. The number of halogens is 2. The number of allylic oxidation sites excluding steroid dienone is 7. The second-order valence-electron chi connectivity index (χ2n) is 9.07. The van der Waals surface area contributed by atoms with Crippen LogP contribution in [0.5, 0.6) is 0 Å². The molecular formula is C34H8F2N8. The molecule has 0 radical (unpaired) electrons. The SMILES string of the molecule is [C-]#[N+]C1=C(c2ccc([N+]#[C-])cc2)/C(=C(/C#N)[N+]#[C-])c2c(F)c3c(c(F)c21)/C(=C(/C#N)[N+]#[C-])C(c1ccc(C#N)cc1)=C3C#N. The van der Waals surface area contributed by atoms with Gasteiger partial charge >= 0.3 is 0 Å². The first-order valence-corrected chi connectivity index (χ1v) is 12.2. The fourth-order valence-corrected chi connectivity index (χ4v) is 5.31. The number of nitriles is 4. The van der Waals surface area contributed by atoms with Crippen LogP contribution in [-0.4, -0.2) is 0 Å². The lowest BCUT2D eigenvalue weighted by atomic mass is 9.90. The summed E-state index contributed by atoms with van der Waals surface area (Å²) in [4.78, 5) is 13.2. The van der Waals surface area contributed by atoms with Crippen LogP contribution in [0.4, 0.5) is 14.5 Å². The molecule has 10 heteroatoms. The monoisotopic (exact) mass is 566 g/mol. The Balaban J connectivity index is 2.00. The molecule has 0 aliphatic heterocycles. The lowest BCUT2D eigenvalue weighted by Crippen LogP contribution is -2.04. The third-order valence-electron chi connectivity index (χ3n) is 7.07. The molecule has 0 bridgehead atoms. The molecule has 0 heterocycles. The molecule has 0 saturated carbocycles. The molecule has 5 rings (SSSR count). The Kier molecular flexibility index (Phi) is 6.83. The summed E-state index contributed by atoms with van der Waals surface area (Å²) in [6.45, 7) is 30.3. The van der Waals surface area contributed by atoms with Gasteiger partial charge in [0.25, 0.3) is 11.4 Å². The Morgan fingerprint density at radius 2 is 1.09 bits per heavy atom. The zero-order valence-corrected chi connectivity index (χ0v) is 22.0. The van der Waals surface area contributed by atoms with Crippen molar-refractivity contribution in [2.45, 2.75) is 0 Å². The van der Waals surface area contributed by atoms with E-state index in [1.165, 1.54) is 48.5 Å². The van der Waals surface area contributed by atoms with E-state index in [1.54, 1.807) is 12.1 Å². The fraction of sp³-hybridized carbons (Fsp3) is 0. The van der Waals surface area contributed by atoms with Crippen molar-refractivity contribution in [3.05, 3.63) is 156 Å². The van der Waals surface area contributed by atoms with E-state index >= 15 is 8.78 Å². The second-order valence-corrected chi connectivity index (χ2v) is 9.07. The van der Waals surface area contributed by atoms with Crippen LogP contribution >= 0.6 is 0 Å². The summed E-state index contributed by atoms with van der Waals surface area (Å²) in [5.41, 5.74) is -4.60. The van der Waals surface area contributed by atoms with Gasteiger partial charge in [-0.25, -0.2) is 38.7 Å². The molecule has 44 heavy (non-hydrogen) atoms. The van der Waals surface area contributed by atoms with Crippen LogP contribution in [0.2, 0.25) is 0 Å².